The highest BCUT2D eigenvalue weighted by atomic mass is 32.2. The lowest BCUT2D eigenvalue weighted by molar-refractivity contribution is -0.119. The zero-order valence-electron chi connectivity index (χ0n) is 14.5. The van der Waals surface area contributed by atoms with Crippen LogP contribution in [-0.2, 0) is 14.8 Å². The van der Waals surface area contributed by atoms with Crippen molar-refractivity contribution in [3.8, 4) is 0 Å². The maximum Gasteiger partial charge on any atom is 0.268 e. The predicted molar refractivity (Wildman–Crippen MR) is 101 cm³/mol. The summed E-state index contributed by atoms with van der Waals surface area (Å²) in [4.78, 5) is 14.6. The van der Waals surface area contributed by atoms with Crippen molar-refractivity contribution in [1.29, 1.82) is 0 Å². The van der Waals surface area contributed by atoms with Gasteiger partial charge in [-0.1, -0.05) is 35.9 Å². The van der Waals surface area contributed by atoms with Crippen molar-refractivity contribution >= 4 is 26.8 Å². The van der Waals surface area contributed by atoms with E-state index >= 15 is 0 Å². The number of amides is 1. The summed E-state index contributed by atoms with van der Waals surface area (Å²) in [6.45, 7) is 1.90. The highest BCUT2D eigenvalue weighted by Gasteiger charge is 2.45. The molecule has 0 bridgehead atoms. The Morgan fingerprint density at radius 3 is 2.59 bits per heavy atom. The number of benzene rings is 2. The van der Waals surface area contributed by atoms with E-state index in [0.29, 0.717) is 11.9 Å². The fourth-order valence-electron chi connectivity index (χ4n) is 3.42. The first-order valence-electron chi connectivity index (χ1n) is 8.44. The van der Waals surface area contributed by atoms with Gasteiger partial charge >= 0.3 is 0 Å². The van der Waals surface area contributed by atoms with Crippen molar-refractivity contribution in [2.75, 3.05) is 0 Å². The van der Waals surface area contributed by atoms with Gasteiger partial charge in [0.25, 0.3) is 10.0 Å². The Kier molecular flexibility index (Phi) is 4.02. The van der Waals surface area contributed by atoms with Crippen molar-refractivity contribution in [2.24, 2.45) is 11.0 Å². The molecule has 136 valence electrons. The minimum atomic E-state index is -3.77. The molecule has 2 atom stereocenters. The molecule has 0 radical (unpaired) electrons. The second-order valence-corrected chi connectivity index (χ2v) is 8.51. The average Bonchev–Trinajstić information content (AvgIpc) is 3.35. The molecular formula is C19H16N4O3S. The molecule has 0 saturated heterocycles. The fourth-order valence-corrected chi connectivity index (χ4v) is 4.80. The van der Waals surface area contributed by atoms with Crippen LogP contribution in [0, 0.1) is 12.8 Å². The van der Waals surface area contributed by atoms with Crippen molar-refractivity contribution in [3.63, 3.8) is 0 Å². The maximum atomic E-state index is 13.2. The average molecular weight is 380 g/mol. The van der Waals surface area contributed by atoms with Crippen LogP contribution in [0.5, 0.6) is 0 Å². The monoisotopic (exact) mass is 380 g/mol. The maximum absolute atomic E-state index is 13.2. The molecule has 3 aromatic rings. The van der Waals surface area contributed by atoms with E-state index in [1.807, 2.05) is 19.1 Å². The van der Waals surface area contributed by atoms with Gasteiger partial charge in [0.05, 0.1) is 10.4 Å². The Bertz CT molecular complexity index is 1210. The SMILES string of the molecule is Cc1ccc(S(=O)(=O)n2cc([C@@H]3C[C@H]3C(=O)N=[N+]=[N-])c3ccccc32)cc1. The topological polar surface area (TPSA) is 105 Å². The molecular weight excluding hydrogens is 364 g/mol. The summed E-state index contributed by atoms with van der Waals surface area (Å²) in [7, 11) is -3.77. The molecule has 1 fully saturated rings. The normalized spacial score (nSPS) is 18.9. The second-order valence-electron chi connectivity index (χ2n) is 6.69. The summed E-state index contributed by atoms with van der Waals surface area (Å²) >= 11 is 0. The lowest BCUT2D eigenvalue weighted by Gasteiger charge is -2.07. The van der Waals surface area contributed by atoms with Gasteiger partial charge in [-0.15, -0.1) is 0 Å². The Labute approximate surface area is 155 Å². The molecule has 1 aromatic heterocycles. The van der Waals surface area contributed by atoms with Crippen LogP contribution in [0.25, 0.3) is 21.3 Å². The first-order chi connectivity index (χ1) is 12.9. The molecule has 27 heavy (non-hydrogen) atoms. The zero-order valence-corrected chi connectivity index (χ0v) is 15.3. The van der Waals surface area contributed by atoms with Crippen LogP contribution in [0.2, 0.25) is 0 Å². The van der Waals surface area contributed by atoms with Crippen molar-refractivity contribution in [1.82, 2.24) is 3.97 Å². The Balaban J connectivity index is 1.83. The van der Waals surface area contributed by atoms with Gasteiger partial charge in [-0.25, -0.2) is 12.4 Å². The number of aryl methyl sites for hydroxylation is 1. The number of rotatable bonds is 4. The van der Waals surface area contributed by atoms with Gasteiger partial charge in [-0.2, -0.15) is 0 Å². The number of carbonyl (C=O) groups is 1. The first-order valence-corrected chi connectivity index (χ1v) is 9.88. The van der Waals surface area contributed by atoms with E-state index in [9.17, 15) is 13.2 Å². The minimum absolute atomic E-state index is 0.137. The molecule has 1 aliphatic carbocycles. The summed E-state index contributed by atoms with van der Waals surface area (Å²) in [6.07, 6.45) is 2.14. The quantitative estimate of drug-likeness (QED) is 0.386. The molecule has 1 saturated carbocycles. The zero-order chi connectivity index (χ0) is 19.2. The van der Waals surface area contributed by atoms with Crippen LogP contribution >= 0.6 is 0 Å². The molecule has 1 heterocycles. The van der Waals surface area contributed by atoms with E-state index in [1.54, 1.807) is 42.6 Å². The third-order valence-electron chi connectivity index (χ3n) is 4.94. The van der Waals surface area contributed by atoms with Crippen LogP contribution in [-0.4, -0.2) is 18.3 Å². The largest absolute Gasteiger partial charge is 0.292 e. The van der Waals surface area contributed by atoms with Crippen LogP contribution in [0.3, 0.4) is 0 Å². The van der Waals surface area contributed by atoms with Crippen LogP contribution in [0.4, 0.5) is 0 Å². The highest BCUT2D eigenvalue weighted by Crippen LogP contribution is 2.51. The van der Waals surface area contributed by atoms with E-state index in [0.717, 1.165) is 16.5 Å². The minimum Gasteiger partial charge on any atom is -0.292 e. The number of hydrogen-bond acceptors (Lipinski definition) is 3. The van der Waals surface area contributed by atoms with E-state index in [1.165, 1.54) is 3.97 Å². The van der Waals surface area contributed by atoms with Gasteiger partial charge in [0.1, 0.15) is 0 Å². The highest BCUT2D eigenvalue weighted by molar-refractivity contribution is 7.90. The molecule has 0 unspecified atom stereocenters. The molecule has 4 rings (SSSR count). The van der Waals surface area contributed by atoms with Gasteiger partial charge in [0, 0.05) is 22.4 Å². The van der Waals surface area contributed by atoms with E-state index in [4.69, 9.17) is 5.53 Å². The lowest BCUT2D eigenvalue weighted by atomic mass is 10.1. The summed E-state index contributed by atoms with van der Waals surface area (Å²) < 4.78 is 27.6. The molecule has 0 spiro atoms. The van der Waals surface area contributed by atoms with E-state index < -0.39 is 15.9 Å². The number of azide groups is 1. The summed E-state index contributed by atoms with van der Waals surface area (Å²) in [6, 6.07) is 13.9. The van der Waals surface area contributed by atoms with Gasteiger partial charge in [-0.3, -0.25) is 4.79 Å². The number of nitrogens with zero attached hydrogens (tertiary/aromatic N) is 4. The van der Waals surface area contributed by atoms with Crippen LogP contribution in [0.15, 0.2) is 64.7 Å². The first kappa shape index (κ1) is 17.3. The summed E-state index contributed by atoms with van der Waals surface area (Å²) in [5, 5.41) is 3.96. The third kappa shape index (κ3) is 2.89. The molecule has 8 heteroatoms. The second kappa shape index (κ2) is 6.26. The Hall–Kier alpha value is -3.09. The number of aromatic nitrogens is 1. The van der Waals surface area contributed by atoms with Crippen molar-refractivity contribution < 1.29 is 13.2 Å². The number of hydrogen-bond donors (Lipinski definition) is 0. The molecule has 1 aliphatic rings. The Morgan fingerprint density at radius 2 is 1.89 bits per heavy atom. The predicted octanol–water partition coefficient (Wildman–Crippen LogP) is 4.13. The van der Waals surface area contributed by atoms with Crippen molar-refractivity contribution in [2.45, 2.75) is 24.2 Å². The van der Waals surface area contributed by atoms with Crippen LogP contribution in [0.1, 0.15) is 23.5 Å². The van der Waals surface area contributed by atoms with E-state index in [-0.39, 0.29) is 16.7 Å². The van der Waals surface area contributed by atoms with Gasteiger partial charge in [0.2, 0.25) is 5.91 Å². The number of para-hydroxylation sites is 1. The van der Waals surface area contributed by atoms with Crippen molar-refractivity contribution in [3.05, 3.63) is 76.3 Å². The van der Waals surface area contributed by atoms with Crippen LogP contribution < -0.4 is 0 Å². The molecule has 0 N–H and O–H groups in total. The fraction of sp³-hybridized carbons (Fsp3) is 0.211. The third-order valence-corrected chi connectivity index (χ3v) is 6.62. The number of carbonyl (C=O) groups excluding carboxylic acids is 1. The molecule has 0 aliphatic heterocycles. The molecule has 2 aromatic carbocycles. The Morgan fingerprint density at radius 1 is 1.19 bits per heavy atom. The molecule has 7 nitrogen and oxygen atoms in total. The molecule has 1 amide bonds. The number of fused-ring (bicyclic) bond motifs is 1. The van der Waals surface area contributed by atoms with Gasteiger partial charge in [-0.05, 0) is 53.7 Å². The standard InChI is InChI=1S/C19H16N4O3S/c1-12-6-8-13(9-7-12)27(25,26)23-11-17(14-4-2-3-5-18(14)23)15-10-16(15)19(24)21-22-20/h2-9,11,15-16H,10H2,1H3/t15-,16-/m1/s1. The van der Waals surface area contributed by atoms with Gasteiger partial charge in [0.15, 0.2) is 0 Å². The lowest BCUT2D eigenvalue weighted by Crippen LogP contribution is -2.11. The van der Waals surface area contributed by atoms with E-state index in [2.05, 4.69) is 10.0 Å². The van der Waals surface area contributed by atoms with Gasteiger partial charge < -0.3 is 0 Å². The smallest absolute Gasteiger partial charge is 0.268 e. The summed E-state index contributed by atoms with van der Waals surface area (Å²) in [5.74, 6) is -1.02. The summed E-state index contributed by atoms with van der Waals surface area (Å²) in [5.41, 5.74) is 10.8.